The predicted molar refractivity (Wildman–Crippen MR) is 61.4 cm³/mol. The topological polar surface area (TPSA) is 102 Å². The van der Waals surface area contributed by atoms with Crippen LogP contribution in [0.1, 0.15) is 25.7 Å². The maximum absolute atomic E-state index is 11.5. The standard InChI is InChI=1S/C11H20N2O4/c1-17-8(6-12)5-9(14)13-7-11(10(15)16)3-2-4-11/h8H,2-7,12H2,1H3,(H,13,14)(H,15,16). The fourth-order valence-electron chi connectivity index (χ4n) is 1.88. The summed E-state index contributed by atoms with van der Waals surface area (Å²) < 4.78 is 4.99. The minimum atomic E-state index is -0.828. The predicted octanol–water partition coefficient (Wildman–Crippen LogP) is -0.279. The molecular formula is C11H20N2O4. The lowest BCUT2D eigenvalue weighted by Gasteiger charge is -2.37. The van der Waals surface area contributed by atoms with Gasteiger partial charge in [0, 0.05) is 20.2 Å². The quantitative estimate of drug-likeness (QED) is 0.571. The summed E-state index contributed by atoms with van der Waals surface area (Å²) in [4.78, 5) is 22.6. The SMILES string of the molecule is COC(CN)CC(=O)NCC1(C(=O)O)CCC1. The smallest absolute Gasteiger partial charge is 0.311 e. The fraction of sp³-hybridized carbons (Fsp3) is 0.818. The highest BCUT2D eigenvalue weighted by Gasteiger charge is 2.44. The zero-order valence-electron chi connectivity index (χ0n) is 10.1. The van der Waals surface area contributed by atoms with Crippen LogP contribution in [0.4, 0.5) is 0 Å². The molecule has 1 fully saturated rings. The molecule has 0 radical (unpaired) electrons. The highest BCUT2D eigenvalue weighted by atomic mass is 16.5. The number of amides is 1. The third-order valence-corrected chi connectivity index (χ3v) is 3.40. The van der Waals surface area contributed by atoms with Crippen LogP contribution in [0.5, 0.6) is 0 Å². The van der Waals surface area contributed by atoms with Gasteiger partial charge in [-0.2, -0.15) is 0 Å². The Labute approximate surface area is 101 Å². The summed E-state index contributed by atoms with van der Waals surface area (Å²) >= 11 is 0. The van der Waals surface area contributed by atoms with Crippen molar-refractivity contribution in [1.82, 2.24) is 5.32 Å². The van der Waals surface area contributed by atoms with Crippen molar-refractivity contribution in [3.8, 4) is 0 Å². The molecule has 1 rings (SSSR count). The second-order valence-corrected chi connectivity index (χ2v) is 4.51. The average molecular weight is 244 g/mol. The number of methoxy groups -OCH3 is 1. The van der Waals surface area contributed by atoms with Crippen molar-refractivity contribution in [2.75, 3.05) is 20.2 Å². The average Bonchev–Trinajstić information content (AvgIpc) is 2.23. The fourth-order valence-corrected chi connectivity index (χ4v) is 1.88. The van der Waals surface area contributed by atoms with E-state index in [2.05, 4.69) is 5.32 Å². The van der Waals surface area contributed by atoms with E-state index in [9.17, 15) is 9.59 Å². The Hall–Kier alpha value is -1.14. The number of ether oxygens (including phenoxy) is 1. The molecule has 0 aliphatic heterocycles. The van der Waals surface area contributed by atoms with Gasteiger partial charge in [-0.25, -0.2) is 0 Å². The Morgan fingerprint density at radius 2 is 2.18 bits per heavy atom. The van der Waals surface area contributed by atoms with Gasteiger partial charge in [0.2, 0.25) is 5.91 Å². The van der Waals surface area contributed by atoms with Crippen LogP contribution in [-0.4, -0.2) is 43.3 Å². The third-order valence-electron chi connectivity index (χ3n) is 3.40. The molecule has 0 spiro atoms. The summed E-state index contributed by atoms with van der Waals surface area (Å²) in [6, 6.07) is 0. The number of rotatable bonds is 7. The second-order valence-electron chi connectivity index (χ2n) is 4.51. The number of nitrogens with one attached hydrogen (secondary N) is 1. The monoisotopic (exact) mass is 244 g/mol. The minimum Gasteiger partial charge on any atom is -0.481 e. The minimum absolute atomic E-state index is 0.169. The molecule has 1 aliphatic rings. The van der Waals surface area contributed by atoms with Crippen LogP contribution in [0.25, 0.3) is 0 Å². The van der Waals surface area contributed by atoms with E-state index >= 15 is 0 Å². The van der Waals surface area contributed by atoms with E-state index in [0.717, 1.165) is 6.42 Å². The summed E-state index contributed by atoms with van der Waals surface area (Å²) in [5.74, 6) is -1.04. The Morgan fingerprint density at radius 3 is 2.53 bits per heavy atom. The molecule has 6 heteroatoms. The molecule has 98 valence electrons. The first kappa shape index (κ1) is 13.9. The van der Waals surface area contributed by atoms with Crippen molar-refractivity contribution in [2.45, 2.75) is 31.8 Å². The Kier molecular flexibility index (Phi) is 4.89. The first-order valence-electron chi connectivity index (χ1n) is 5.77. The Morgan fingerprint density at radius 1 is 1.53 bits per heavy atom. The van der Waals surface area contributed by atoms with Gasteiger partial charge in [0.1, 0.15) is 0 Å². The summed E-state index contributed by atoms with van der Waals surface area (Å²) in [5, 5.41) is 11.7. The zero-order valence-corrected chi connectivity index (χ0v) is 10.1. The van der Waals surface area contributed by atoms with Gasteiger partial charge >= 0.3 is 5.97 Å². The van der Waals surface area contributed by atoms with Crippen molar-refractivity contribution in [3.63, 3.8) is 0 Å². The Balaban J connectivity index is 2.34. The van der Waals surface area contributed by atoms with Gasteiger partial charge in [-0.1, -0.05) is 6.42 Å². The van der Waals surface area contributed by atoms with Crippen LogP contribution in [0, 0.1) is 5.41 Å². The number of carbonyl (C=O) groups is 2. The van der Waals surface area contributed by atoms with E-state index in [4.69, 9.17) is 15.6 Å². The van der Waals surface area contributed by atoms with Gasteiger partial charge in [0.25, 0.3) is 0 Å². The van der Waals surface area contributed by atoms with Gasteiger partial charge in [0.05, 0.1) is 17.9 Å². The van der Waals surface area contributed by atoms with Crippen molar-refractivity contribution >= 4 is 11.9 Å². The summed E-state index contributed by atoms with van der Waals surface area (Å²) in [6.45, 7) is 0.468. The zero-order chi connectivity index (χ0) is 12.9. The molecule has 17 heavy (non-hydrogen) atoms. The van der Waals surface area contributed by atoms with Gasteiger partial charge < -0.3 is 20.9 Å². The highest BCUT2D eigenvalue weighted by Crippen LogP contribution is 2.40. The lowest BCUT2D eigenvalue weighted by molar-refractivity contribution is -0.154. The third kappa shape index (κ3) is 3.41. The first-order valence-corrected chi connectivity index (χ1v) is 5.77. The second kappa shape index (κ2) is 5.97. The van der Waals surface area contributed by atoms with E-state index in [1.165, 1.54) is 7.11 Å². The van der Waals surface area contributed by atoms with Crippen molar-refractivity contribution in [2.24, 2.45) is 11.1 Å². The highest BCUT2D eigenvalue weighted by molar-refractivity contribution is 5.79. The van der Waals surface area contributed by atoms with Crippen LogP contribution in [0.2, 0.25) is 0 Å². The van der Waals surface area contributed by atoms with Crippen LogP contribution in [-0.2, 0) is 14.3 Å². The molecule has 0 heterocycles. The largest absolute Gasteiger partial charge is 0.481 e. The van der Waals surface area contributed by atoms with E-state index in [-0.39, 0.29) is 31.5 Å². The number of hydrogen-bond donors (Lipinski definition) is 3. The van der Waals surface area contributed by atoms with Crippen LogP contribution < -0.4 is 11.1 Å². The molecular weight excluding hydrogens is 224 g/mol. The summed E-state index contributed by atoms with van der Waals surface area (Å²) in [5.41, 5.74) is 4.65. The number of hydrogen-bond acceptors (Lipinski definition) is 4. The molecule has 0 aromatic rings. The van der Waals surface area contributed by atoms with Crippen molar-refractivity contribution in [1.29, 1.82) is 0 Å². The summed E-state index contributed by atoms with van der Waals surface area (Å²) in [7, 11) is 1.50. The number of nitrogens with two attached hydrogens (primary N) is 1. The molecule has 0 saturated heterocycles. The number of carboxylic acid groups (broad SMARTS) is 1. The molecule has 1 unspecified atom stereocenters. The normalized spacial score (nSPS) is 19.2. The van der Waals surface area contributed by atoms with E-state index in [0.29, 0.717) is 12.8 Å². The molecule has 0 aromatic heterocycles. The maximum Gasteiger partial charge on any atom is 0.311 e. The lowest BCUT2D eigenvalue weighted by Crippen LogP contribution is -2.48. The van der Waals surface area contributed by atoms with Crippen LogP contribution in [0.15, 0.2) is 0 Å². The molecule has 0 bridgehead atoms. The lowest BCUT2D eigenvalue weighted by atomic mass is 9.69. The molecule has 1 aliphatic carbocycles. The van der Waals surface area contributed by atoms with Crippen LogP contribution in [0.3, 0.4) is 0 Å². The Bertz CT molecular complexity index is 285. The van der Waals surface area contributed by atoms with Gasteiger partial charge in [-0.15, -0.1) is 0 Å². The molecule has 1 amide bonds. The van der Waals surface area contributed by atoms with Gasteiger partial charge in [0.15, 0.2) is 0 Å². The van der Waals surface area contributed by atoms with Crippen LogP contribution >= 0.6 is 0 Å². The molecule has 0 aromatic carbocycles. The molecule has 6 nitrogen and oxygen atoms in total. The number of carbonyl (C=O) groups excluding carboxylic acids is 1. The van der Waals surface area contributed by atoms with Gasteiger partial charge in [-0.05, 0) is 12.8 Å². The maximum atomic E-state index is 11.5. The first-order chi connectivity index (χ1) is 8.04. The van der Waals surface area contributed by atoms with E-state index in [1.54, 1.807) is 0 Å². The molecule has 4 N–H and O–H groups in total. The summed E-state index contributed by atoms with van der Waals surface area (Å²) in [6.07, 6.45) is 2.03. The van der Waals surface area contributed by atoms with E-state index < -0.39 is 11.4 Å². The van der Waals surface area contributed by atoms with Crippen molar-refractivity contribution < 1.29 is 19.4 Å². The van der Waals surface area contributed by atoms with Crippen molar-refractivity contribution in [3.05, 3.63) is 0 Å². The molecule has 1 atom stereocenters. The number of carboxylic acids is 1. The van der Waals surface area contributed by atoms with E-state index in [1.807, 2.05) is 0 Å². The van der Waals surface area contributed by atoms with Gasteiger partial charge in [-0.3, -0.25) is 9.59 Å². The molecule has 1 saturated carbocycles. The number of aliphatic carboxylic acids is 1.